The maximum atomic E-state index is 6.60. The molecule has 0 amide bonds. The molecule has 0 radical (unpaired) electrons. The number of hydrogen-bond donors (Lipinski definition) is 10. The first-order chi connectivity index (χ1) is 25.0. The van der Waals surface area contributed by atoms with Crippen molar-refractivity contribution in [1.82, 2.24) is 10.6 Å². The Balaban J connectivity index is 1.27. The van der Waals surface area contributed by atoms with Gasteiger partial charge in [-0.2, -0.15) is 0 Å². The van der Waals surface area contributed by atoms with Crippen LogP contribution in [0.5, 0.6) is 0 Å². The van der Waals surface area contributed by atoms with Crippen LogP contribution in [-0.4, -0.2) is 63.1 Å². The lowest BCUT2D eigenvalue weighted by atomic mass is 9.98. The van der Waals surface area contributed by atoms with E-state index < -0.39 is 0 Å². The van der Waals surface area contributed by atoms with E-state index in [0.717, 1.165) is 44.5 Å². The second kappa shape index (κ2) is 18.2. The minimum Gasteiger partial charge on any atom is -0.370 e. The summed E-state index contributed by atoms with van der Waals surface area (Å²) >= 11 is 0. The summed E-state index contributed by atoms with van der Waals surface area (Å²) in [6.45, 7) is 3.24. The van der Waals surface area contributed by atoms with Gasteiger partial charge in [-0.1, -0.05) is 54.6 Å². The molecule has 52 heavy (non-hydrogen) atoms. The first-order valence-electron chi connectivity index (χ1n) is 17.4. The smallest absolute Gasteiger partial charge is 0.185 e. The van der Waals surface area contributed by atoms with Gasteiger partial charge in [0.05, 0.1) is 12.2 Å². The zero-order chi connectivity index (χ0) is 37.0. The summed E-state index contributed by atoms with van der Waals surface area (Å²) in [5.74, 6) is 0.284. The highest BCUT2D eigenvalue weighted by atomic mass is 16.5. The zero-order valence-electron chi connectivity index (χ0n) is 29.4. The molecule has 2 saturated heterocycles. The molecule has 0 aromatic heterocycles. The Bertz CT molecular complexity index is 1570. The molecular formula is C36H52N14O2. The van der Waals surface area contributed by atoms with Gasteiger partial charge in [0.15, 0.2) is 23.8 Å². The number of rotatable bonds is 16. The van der Waals surface area contributed by atoms with E-state index in [1.807, 2.05) is 6.07 Å². The normalized spacial score (nSPS) is 19.5. The van der Waals surface area contributed by atoms with Gasteiger partial charge in [0.2, 0.25) is 0 Å². The monoisotopic (exact) mass is 712 g/mol. The van der Waals surface area contributed by atoms with Crippen LogP contribution in [0, 0.1) is 0 Å². The molecule has 278 valence electrons. The highest BCUT2D eigenvalue weighted by Gasteiger charge is 2.31. The fourth-order valence-corrected chi connectivity index (χ4v) is 6.41. The van der Waals surface area contributed by atoms with Crippen LogP contribution < -0.4 is 56.5 Å². The minimum atomic E-state index is -0.299. The Hall–Kier alpha value is -5.42. The van der Waals surface area contributed by atoms with Gasteiger partial charge < -0.3 is 55.3 Å². The first kappa shape index (κ1) is 37.8. The van der Waals surface area contributed by atoms with E-state index in [9.17, 15) is 0 Å². The lowest BCUT2D eigenvalue weighted by Crippen LogP contribution is -2.23. The van der Waals surface area contributed by atoms with Crippen molar-refractivity contribution in [2.24, 2.45) is 65.8 Å². The Morgan fingerprint density at radius 3 is 1.12 bits per heavy atom. The molecule has 2 heterocycles. The van der Waals surface area contributed by atoms with Crippen LogP contribution in [-0.2, 0) is 35.2 Å². The maximum absolute atomic E-state index is 6.60. The van der Waals surface area contributed by atoms with Crippen molar-refractivity contribution in [1.29, 1.82) is 0 Å². The summed E-state index contributed by atoms with van der Waals surface area (Å²) in [6, 6.07) is 21.1. The number of guanidine groups is 4. The number of nitrogens with two attached hydrogens (primary N) is 8. The van der Waals surface area contributed by atoms with E-state index in [-0.39, 0.29) is 48.5 Å². The molecule has 0 saturated carbocycles. The molecule has 3 aromatic carbocycles. The quantitative estimate of drug-likeness (QED) is 0.0675. The van der Waals surface area contributed by atoms with E-state index in [4.69, 9.17) is 55.3 Å². The lowest BCUT2D eigenvalue weighted by Gasteiger charge is -2.18. The van der Waals surface area contributed by atoms with Crippen LogP contribution in [0.4, 0.5) is 0 Å². The summed E-state index contributed by atoms with van der Waals surface area (Å²) in [5, 5.41) is 7.09. The molecule has 2 fully saturated rings. The number of hydrogen-bond acceptors (Lipinski definition) is 8. The van der Waals surface area contributed by atoms with Crippen LogP contribution in [0.25, 0.3) is 0 Å². The van der Waals surface area contributed by atoms with Crippen molar-refractivity contribution >= 4 is 23.8 Å². The SMILES string of the molecule is NC(N)=NCCc1cc(CCN=C(N)N)cc(C2CNC(c3cccc(C4NCC(c5cc(CCN=C(N)N)cc(CCN=C(N)N)c5)O4)c3)O2)c1. The molecule has 0 aliphatic carbocycles. The zero-order valence-corrected chi connectivity index (χ0v) is 29.4. The second-order valence-electron chi connectivity index (χ2n) is 12.9. The van der Waals surface area contributed by atoms with Crippen molar-refractivity contribution in [3.05, 3.63) is 105 Å². The van der Waals surface area contributed by atoms with Gasteiger partial charge in [0.25, 0.3) is 0 Å². The number of aliphatic imine (C=N–C) groups is 4. The van der Waals surface area contributed by atoms with Crippen LogP contribution in [0.2, 0.25) is 0 Å². The van der Waals surface area contributed by atoms with Gasteiger partial charge >= 0.3 is 0 Å². The predicted octanol–water partition coefficient (Wildman–Crippen LogP) is -0.330. The molecule has 0 bridgehead atoms. The van der Waals surface area contributed by atoms with Gasteiger partial charge in [-0.3, -0.25) is 30.6 Å². The fraction of sp³-hybridized carbons (Fsp3) is 0.389. The van der Waals surface area contributed by atoms with Crippen LogP contribution >= 0.6 is 0 Å². The van der Waals surface area contributed by atoms with Gasteiger partial charge in [-0.05, 0) is 76.3 Å². The van der Waals surface area contributed by atoms with Crippen molar-refractivity contribution in [2.75, 3.05) is 39.3 Å². The molecule has 2 aliphatic rings. The third-order valence-electron chi connectivity index (χ3n) is 8.77. The maximum Gasteiger partial charge on any atom is 0.185 e. The second-order valence-corrected chi connectivity index (χ2v) is 12.9. The molecule has 5 rings (SSSR count). The van der Waals surface area contributed by atoms with Crippen LogP contribution in [0.3, 0.4) is 0 Å². The summed E-state index contributed by atoms with van der Waals surface area (Å²) < 4.78 is 13.2. The summed E-state index contributed by atoms with van der Waals surface area (Å²) in [7, 11) is 0. The Kier molecular flexibility index (Phi) is 13.2. The van der Waals surface area contributed by atoms with Crippen molar-refractivity contribution in [2.45, 2.75) is 50.3 Å². The molecule has 2 aliphatic heterocycles. The topological polar surface area (TPSA) is 300 Å². The highest BCUT2D eigenvalue weighted by Crippen LogP contribution is 2.35. The summed E-state index contributed by atoms with van der Waals surface area (Å²) in [6.07, 6.45) is 1.81. The van der Waals surface area contributed by atoms with E-state index in [0.29, 0.717) is 65.0 Å². The standard InChI is InChI=1S/C36H52N14O2/c37-33(38)45-8-4-21-12-22(5-9-46-34(39)40)15-27(14-21)29-19-49-31(51-29)25-2-1-3-26(18-25)32-50-20-30(52-32)28-16-23(6-10-47-35(41)42)13-24(17-28)7-11-48-36(43)44/h1-3,12-18,29-32,49-50H,4-11,19-20H2,(H4,37,38,45)(H4,39,40,46)(H4,41,42,47)(H4,43,44,48). The average molecular weight is 713 g/mol. The van der Waals surface area contributed by atoms with Gasteiger partial charge in [-0.25, -0.2) is 0 Å². The van der Waals surface area contributed by atoms with E-state index in [1.165, 1.54) is 0 Å². The minimum absolute atomic E-state index is 0.0709. The highest BCUT2D eigenvalue weighted by molar-refractivity contribution is 5.76. The van der Waals surface area contributed by atoms with E-state index in [1.54, 1.807) is 0 Å². The fourth-order valence-electron chi connectivity index (χ4n) is 6.41. The first-order valence-corrected chi connectivity index (χ1v) is 17.4. The lowest BCUT2D eigenvalue weighted by molar-refractivity contribution is 0.0364. The molecule has 18 N–H and O–H groups in total. The van der Waals surface area contributed by atoms with Gasteiger partial charge in [-0.15, -0.1) is 0 Å². The number of ether oxygens (including phenoxy) is 2. The molecule has 4 unspecified atom stereocenters. The van der Waals surface area contributed by atoms with Crippen LogP contribution in [0.15, 0.2) is 80.6 Å². The number of nitrogens with zero attached hydrogens (tertiary/aromatic N) is 4. The predicted molar refractivity (Wildman–Crippen MR) is 206 cm³/mol. The van der Waals surface area contributed by atoms with E-state index in [2.05, 4.69) is 85.2 Å². The third kappa shape index (κ3) is 11.3. The Morgan fingerprint density at radius 2 is 0.808 bits per heavy atom. The van der Waals surface area contributed by atoms with Gasteiger partial charge in [0, 0.05) is 39.3 Å². The Morgan fingerprint density at radius 1 is 0.481 bits per heavy atom. The molecule has 16 heteroatoms. The van der Waals surface area contributed by atoms with Crippen molar-refractivity contribution < 1.29 is 9.47 Å². The molecule has 0 spiro atoms. The van der Waals surface area contributed by atoms with Crippen molar-refractivity contribution in [3.63, 3.8) is 0 Å². The molecule has 3 aromatic rings. The third-order valence-corrected chi connectivity index (χ3v) is 8.77. The summed E-state index contributed by atoms with van der Waals surface area (Å²) in [4.78, 5) is 16.6. The largest absolute Gasteiger partial charge is 0.370 e. The van der Waals surface area contributed by atoms with Crippen molar-refractivity contribution in [3.8, 4) is 0 Å². The number of nitrogens with one attached hydrogen (secondary N) is 2. The summed E-state index contributed by atoms with van der Waals surface area (Å²) in [5.41, 5.74) is 53.0. The molecule has 16 nitrogen and oxygen atoms in total. The Labute approximate surface area is 304 Å². The van der Waals surface area contributed by atoms with Gasteiger partial charge in [0.1, 0.15) is 12.5 Å². The average Bonchev–Trinajstić information content (AvgIpc) is 3.79. The van der Waals surface area contributed by atoms with E-state index >= 15 is 0 Å². The van der Waals surface area contributed by atoms with Crippen LogP contribution in [0.1, 0.15) is 69.2 Å². The number of benzene rings is 3. The molecule has 4 atom stereocenters. The molecular weight excluding hydrogens is 660 g/mol.